The van der Waals surface area contributed by atoms with Crippen LogP contribution in [0, 0.1) is 5.92 Å². The number of anilines is 1. The number of benzene rings is 1. The minimum Gasteiger partial charge on any atom is -0.385 e. The highest BCUT2D eigenvalue weighted by Gasteiger charge is 2.14. The number of rotatable bonds is 4. The molecule has 1 unspecified atom stereocenters. The van der Waals surface area contributed by atoms with Gasteiger partial charge in [0.25, 0.3) is 0 Å². The second-order valence-electron chi connectivity index (χ2n) is 4.89. The number of hydrogen-bond acceptors (Lipinski definition) is 2. The first-order valence-electron chi connectivity index (χ1n) is 6.17. The molecule has 88 valence electrons. The van der Waals surface area contributed by atoms with Crippen molar-refractivity contribution in [2.45, 2.75) is 26.2 Å². The van der Waals surface area contributed by atoms with E-state index in [0.29, 0.717) is 5.92 Å². The average molecular weight is 235 g/mol. The molecule has 16 heavy (non-hydrogen) atoms. The average Bonchev–Trinajstić information content (AvgIpc) is 2.80. The molecule has 1 heterocycles. The van der Waals surface area contributed by atoms with E-state index in [2.05, 4.69) is 55.2 Å². The fraction of sp³-hybridized carbons (Fsp3) is 0.571. The van der Waals surface area contributed by atoms with Crippen molar-refractivity contribution < 1.29 is 0 Å². The predicted octanol–water partition coefficient (Wildman–Crippen LogP) is 3.98. The Hall–Kier alpha value is -0.630. The van der Waals surface area contributed by atoms with Gasteiger partial charge >= 0.3 is 0 Å². The summed E-state index contributed by atoms with van der Waals surface area (Å²) in [6, 6.07) is 8.88. The molecule has 0 saturated carbocycles. The third-order valence-corrected chi connectivity index (χ3v) is 4.43. The normalized spacial score (nSPS) is 20.3. The lowest BCUT2D eigenvalue weighted by molar-refractivity contribution is 0.632. The Morgan fingerprint density at radius 1 is 1.31 bits per heavy atom. The van der Waals surface area contributed by atoms with Crippen LogP contribution in [0.3, 0.4) is 0 Å². The third-order valence-electron chi connectivity index (χ3n) is 3.20. The van der Waals surface area contributed by atoms with E-state index >= 15 is 0 Å². The first kappa shape index (κ1) is 11.8. The standard InChI is InChI=1S/C14H21NS/c1-11(2)13-3-5-14(6-4-13)15-9-12-7-8-16-10-12/h3-6,11-12,15H,7-10H2,1-2H3. The lowest BCUT2D eigenvalue weighted by atomic mass is 10.0. The van der Waals surface area contributed by atoms with Gasteiger partial charge in [0.2, 0.25) is 0 Å². The molecule has 0 radical (unpaired) electrons. The second kappa shape index (κ2) is 5.62. The molecule has 2 heteroatoms. The zero-order valence-corrected chi connectivity index (χ0v) is 11.0. The van der Waals surface area contributed by atoms with E-state index in [0.717, 1.165) is 12.5 Å². The van der Waals surface area contributed by atoms with Crippen LogP contribution in [0.4, 0.5) is 5.69 Å². The Morgan fingerprint density at radius 3 is 2.62 bits per heavy atom. The smallest absolute Gasteiger partial charge is 0.0340 e. The highest BCUT2D eigenvalue weighted by Crippen LogP contribution is 2.24. The zero-order chi connectivity index (χ0) is 11.4. The lowest BCUT2D eigenvalue weighted by Gasteiger charge is -2.12. The molecule has 1 N–H and O–H groups in total. The van der Waals surface area contributed by atoms with Crippen LogP contribution in [-0.2, 0) is 0 Å². The van der Waals surface area contributed by atoms with Crippen LogP contribution in [-0.4, -0.2) is 18.1 Å². The molecule has 1 aliphatic rings. The molecule has 1 nitrogen and oxygen atoms in total. The fourth-order valence-corrected chi connectivity index (χ4v) is 3.28. The summed E-state index contributed by atoms with van der Waals surface area (Å²) in [5, 5.41) is 3.54. The van der Waals surface area contributed by atoms with Gasteiger partial charge < -0.3 is 5.32 Å². The first-order valence-corrected chi connectivity index (χ1v) is 7.33. The summed E-state index contributed by atoms with van der Waals surface area (Å²) in [4.78, 5) is 0. The molecule has 2 rings (SSSR count). The Morgan fingerprint density at radius 2 is 2.06 bits per heavy atom. The van der Waals surface area contributed by atoms with Gasteiger partial charge in [-0.15, -0.1) is 0 Å². The maximum absolute atomic E-state index is 3.54. The summed E-state index contributed by atoms with van der Waals surface area (Å²) in [5.74, 6) is 4.17. The van der Waals surface area contributed by atoms with E-state index in [-0.39, 0.29) is 0 Å². The van der Waals surface area contributed by atoms with Gasteiger partial charge in [-0.05, 0) is 47.5 Å². The molecule has 1 aromatic rings. The SMILES string of the molecule is CC(C)c1ccc(NCC2CCSC2)cc1. The van der Waals surface area contributed by atoms with Crippen molar-refractivity contribution in [1.82, 2.24) is 0 Å². The Balaban J connectivity index is 1.84. The monoisotopic (exact) mass is 235 g/mol. The van der Waals surface area contributed by atoms with Gasteiger partial charge in [0.1, 0.15) is 0 Å². The number of nitrogens with one attached hydrogen (secondary N) is 1. The largest absolute Gasteiger partial charge is 0.385 e. The summed E-state index contributed by atoms with van der Waals surface area (Å²) in [5.41, 5.74) is 2.68. The molecular formula is C14H21NS. The molecular weight excluding hydrogens is 214 g/mol. The van der Waals surface area contributed by atoms with Gasteiger partial charge in [-0.2, -0.15) is 11.8 Å². The Labute approximate surface area is 103 Å². The number of thioether (sulfide) groups is 1. The molecule has 0 amide bonds. The molecule has 1 aromatic carbocycles. The van der Waals surface area contributed by atoms with Crippen LogP contribution in [0.25, 0.3) is 0 Å². The maximum atomic E-state index is 3.54. The Bertz CT molecular complexity index is 312. The summed E-state index contributed by atoms with van der Waals surface area (Å²) in [6.45, 7) is 5.60. The van der Waals surface area contributed by atoms with Crippen molar-refractivity contribution in [1.29, 1.82) is 0 Å². The molecule has 1 saturated heterocycles. The van der Waals surface area contributed by atoms with Crippen molar-refractivity contribution in [3.05, 3.63) is 29.8 Å². The van der Waals surface area contributed by atoms with E-state index in [1.807, 2.05) is 0 Å². The first-order chi connectivity index (χ1) is 7.75. The molecule has 0 aromatic heterocycles. The van der Waals surface area contributed by atoms with E-state index in [1.165, 1.54) is 29.2 Å². The molecule has 1 atom stereocenters. The highest BCUT2D eigenvalue weighted by atomic mass is 32.2. The van der Waals surface area contributed by atoms with Gasteiger partial charge in [-0.1, -0.05) is 26.0 Å². The van der Waals surface area contributed by atoms with Crippen LogP contribution < -0.4 is 5.32 Å². The minimum absolute atomic E-state index is 0.625. The van der Waals surface area contributed by atoms with Crippen molar-refractivity contribution >= 4 is 17.4 Å². The fourth-order valence-electron chi connectivity index (χ4n) is 1.99. The van der Waals surface area contributed by atoms with E-state index in [4.69, 9.17) is 0 Å². The van der Waals surface area contributed by atoms with Gasteiger partial charge in [0, 0.05) is 12.2 Å². The summed E-state index contributed by atoms with van der Waals surface area (Å²) >= 11 is 2.08. The lowest BCUT2D eigenvalue weighted by Crippen LogP contribution is -2.13. The molecule has 0 aliphatic carbocycles. The third kappa shape index (κ3) is 3.18. The van der Waals surface area contributed by atoms with Crippen molar-refractivity contribution in [3.8, 4) is 0 Å². The van der Waals surface area contributed by atoms with Crippen LogP contribution in [0.5, 0.6) is 0 Å². The quantitative estimate of drug-likeness (QED) is 0.847. The minimum atomic E-state index is 0.625. The zero-order valence-electron chi connectivity index (χ0n) is 10.2. The second-order valence-corrected chi connectivity index (χ2v) is 6.04. The van der Waals surface area contributed by atoms with E-state index in [9.17, 15) is 0 Å². The summed E-state index contributed by atoms with van der Waals surface area (Å²) in [6.07, 6.45) is 1.38. The van der Waals surface area contributed by atoms with Crippen LogP contribution in [0.15, 0.2) is 24.3 Å². The van der Waals surface area contributed by atoms with Crippen molar-refractivity contribution in [2.75, 3.05) is 23.4 Å². The van der Waals surface area contributed by atoms with E-state index < -0.39 is 0 Å². The van der Waals surface area contributed by atoms with Gasteiger partial charge in [-0.3, -0.25) is 0 Å². The molecule has 1 aliphatic heterocycles. The maximum Gasteiger partial charge on any atom is 0.0340 e. The van der Waals surface area contributed by atoms with Gasteiger partial charge in [0.15, 0.2) is 0 Å². The van der Waals surface area contributed by atoms with Crippen LogP contribution >= 0.6 is 11.8 Å². The predicted molar refractivity (Wildman–Crippen MR) is 74.5 cm³/mol. The van der Waals surface area contributed by atoms with E-state index in [1.54, 1.807) is 0 Å². The van der Waals surface area contributed by atoms with Crippen molar-refractivity contribution in [3.63, 3.8) is 0 Å². The van der Waals surface area contributed by atoms with Gasteiger partial charge in [-0.25, -0.2) is 0 Å². The number of hydrogen-bond donors (Lipinski definition) is 1. The summed E-state index contributed by atoms with van der Waals surface area (Å²) < 4.78 is 0. The summed E-state index contributed by atoms with van der Waals surface area (Å²) in [7, 11) is 0. The molecule has 0 spiro atoms. The Kier molecular flexibility index (Phi) is 4.16. The van der Waals surface area contributed by atoms with Gasteiger partial charge in [0.05, 0.1) is 0 Å². The topological polar surface area (TPSA) is 12.0 Å². The highest BCUT2D eigenvalue weighted by molar-refractivity contribution is 7.99. The van der Waals surface area contributed by atoms with Crippen LogP contribution in [0.1, 0.15) is 31.7 Å². The molecule has 0 bridgehead atoms. The van der Waals surface area contributed by atoms with Crippen molar-refractivity contribution in [2.24, 2.45) is 5.92 Å². The van der Waals surface area contributed by atoms with Crippen LogP contribution in [0.2, 0.25) is 0 Å². The molecule has 1 fully saturated rings.